The van der Waals surface area contributed by atoms with Gasteiger partial charge in [0.2, 0.25) is 0 Å². The van der Waals surface area contributed by atoms with E-state index in [1.54, 1.807) is 6.92 Å². The quantitative estimate of drug-likeness (QED) is 0.856. The van der Waals surface area contributed by atoms with Crippen LogP contribution in [0.5, 0.6) is 5.75 Å². The fourth-order valence-electron chi connectivity index (χ4n) is 2.53. The lowest BCUT2D eigenvalue weighted by Crippen LogP contribution is -2.35. The molecule has 1 saturated carbocycles. The van der Waals surface area contributed by atoms with Gasteiger partial charge in [-0.3, -0.25) is 4.79 Å². The van der Waals surface area contributed by atoms with E-state index < -0.39 is 11.5 Å². The number of carboxylic acids is 1. The average Bonchev–Trinajstić information content (AvgIpc) is 2.81. The molecule has 0 amide bonds. The van der Waals surface area contributed by atoms with Crippen molar-refractivity contribution in [3.63, 3.8) is 0 Å². The van der Waals surface area contributed by atoms with E-state index in [0.29, 0.717) is 6.10 Å². The highest BCUT2D eigenvalue weighted by Crippen LogP contribution is 2.27. The summed E-state index contributed by atoms with van der Waals surface area (Å²) in [5.74, 6) is -0.0574. The second-order valence-corrected chi connectivity index (χ2v) is 5.54. The molecule has 0 bridgehead atoms. The predicted octanol–water partition coefficient (Wildman–Crippen LogP) is 2.66. The summed E-state index contributed by atoms with van der Waals surface area (Å²) in [5.41, 5.74) is 6.00. The van der Waals surface area contributed by atoms with Gasteiger partial charge in [0, 0.05) is 5.54 Å². The van der Waals surface area contributed by atoms with E-state index in [2.05, 4.69) is 0 Å². The van der Waals surface area contributed by atoms with E-state index in [1.165, 1.54) is 12.8 Å². The van der Waals surface area contributed by atoms with Gasteiger partial charge >= 0.3 is 5.97 Å². The zero-order valence-electron chi connectivity index (χ0n) is 11.3. The normalized spacial score (nSPS) is 19.1. The molecule has 1 atom stereocenters. The monoisotopic (exact) mass is 263 g/mol. The van der Waals surface area contributed by atoms with Crippen LogP contribution in [0.4, 0.5) is 0 Å². The van der Waals surface area contributed by atoms with Crippen molar-refractivity contribution < 1.29 is 14.6 Å². The largest absolute Gasteiger partial charge is 0.490 e. The summed E-state index contributed by atoms with van der Waals surface area (Å²) < 4.78 is 5.87. The van der Waals surface area contributed by atoms with Crippen LogP contribution in [0.2, 0.25) is 0 Å². The first kappa shape index (κ1) is 13.9. The Hall–Kier alpha value is -1.55. The summed E-state index contributed by atoms with van der Waals surface area (Å²) in [4.78, 5) is 10.8. The van der Waals surface area contributed by atoms with Crippen LogP contribution in [0.3, 0.4) is 0 Å². The molecule has 1 aliphatic rings. The minimum absolute atomic E-state index is 0.0875. The van der Waals surface area contributed by atoms with Gasteiger partial charge in [-0.2, -0.15) is 0 Å². The maximum absolute atomic E-state index is 10.8. The second kappa shape index (κ2) is 5.61. The Morgan fingerprint density at radius 2 is 1.95 bits per heavy atom. The molecular weight excluding hydrogens is 242 g/mol. The van der Waals surface area contributed by atoms with Crippen LogP contribution in [-0.2, 0) is 10.3 Å². The number of hydrogen-bond donors (Lipinski definition) is 2. The van der Waals surface area contributed by atoms with E-state index in [0.717, 1.165) is 24.2 Å². The summed E-state index contributed by atoms with van der Waals surface area (Å²) in [6.45, 7) is 1.73. The third-order valence-corrected chi connectivity index (χ3v) is 3.64. The Bertz CT molecular complexity index is 433. The van der Waals surface area contributed by atoms with E-state index in [1.807, 2.05) is 24.3 Å². The van der Waals surface area contributed by atoms with Crippen LogP contribution in [0.1, 0.15) is 44.6 Å². The summed E-state index contributed by atoms with van der Waals surface area (Å²) in [6.07, 6.45) is 4.96. The molecule has 104 valence electrons. The lowest BCUT2D eigenvalue weighted by molar-refractivity contribution is -0.138. The van der Waals surface area contributed by atoms with Crippen molar-refractivity contribution in [1.29, 1.82) is 0 Å². The Balaban J connectivity index is 2.02. The molecule has 1 unspecified atom stereocenters. The smallest absolute Gasteiger partial charge is 0.305 e. The molecule has 0 spiro atoms. The third-order valence-electron chi connectivity index (χ3n) is 3.64. The van der Waals surface area contributed by atoms with Gasteiger partial charge in [-0.25, -0.2) is 0 Å². The SMILES string of the molecule is CC(N)(CC(=O)O)c1ccc(OC2CCCC2)cc1. The standard InChI is InChI=1S/C15H21NO3/c1-15(16,10-14(17)18)11-6-8-13(9-7-11)19-12-4-2-3-5-12/h6-9,12H,2-5,10,16H2,1H3,(H,17,18). The Morgan fingerprint density at radius 1 is 1.37 bits per heavy atom. The number of carbonyl (C=O) groups is 1. The van der Waals surface area contributed by atoms with Crippen molar-refractivity contribution >= 4 is 5.97 Å². The zero-order chi connectivity index (χ0) is 13.9. The number of ether oxygens (including phenoxy) is 1. The Morgan fingerprint density at radius 3 is 2.47 bits per heavy atom. The number of rotatable bonds is 5. The summed E-state index contributed by atoms with van der Waals surface area (Å²) >= 11 is 0. The molecule has 1 aromatic rings. The van der Waals surface area contributed by atoms with Crippen LogP contribution in [-0.4, -0.2) is 17.2 Å². The van der Waals surface area contributed by atoms with Gasteiger partial charge in [0.25, 0.3) is 0 Å². The van der Waals surface area contributed by atoms with Crippen molar-refractivity contribution in [3.05, 3.63) is 29.8 Å². The molecule has 0 aliphatic heterocycles. The molecular formula is C15H21NO3. The molecule has 1 aromatic carbocycles. The first-order valence-electron chi connectivity index (χ1n) is 6.75. The van der Waals surface area contributed by atoms with Crippen molar-refractivity contribution in [2.45, 2.75) is 50.7 Å². The van der Waals surface area contributed by atoms with Crippen molar-refractivity contribution in [1.82, 2.24) is 0 Å². The van der Waals surface area contributed by atoms with E-state index in [4.69, 9.17) is 15.6 Å². The number of carboxylic acid groups (broad SMARTS) is 1. The minimum atomic E-state index is -0.892. The van der Waals surface area contributed by atoms with Crippen LogP contribution in [0, 0.1) is 0 Å². The van der Waals surface area contributed by atoms with Crippen LogP contribution < -0.4 is 10.5 Å². The fourth-order valence-corrected chi connectivity index (χ4v) is 2.53. The zero-order valence-corrected chi connectivity index (χ0v) is 11.3. The van der Waals surface area contributed by atoms with Crippen molar-refractivity contribution in [2.75, 3.05) is 0 Å². The summed E-state index contributed by atoms with van der Waals surface area (Å²) in [5, 5.41) is 8.85. The first-order chi connectivity index (χ1) is 8.97. The third kappa shape index (κ3) is 3.70. The van der Waals surface area contributed by atoms with Crippen LogP contribution in [0.25, 0.3) is 0 Å². The molecule has 4 nitrogen and oxygen atoms in total. The van der Waals surface area contributed by atoms with Gasteiger partial charge < -0.3 is 15.6 Å². The van der Waals surface area contributed by atoms with Crippen LogP contribution >= 0.6 is 0 Å². The van der Waals surface area contributed by atoms with Gasteiger partial charge in [0.1, 0.15) is 5.75 Å². The lowest BCUT2D eigenvalue weighted by atomic mass is 9.90. The number of nitrogens with two attached hydrogens (primary N) is 1. The minimum Gasteiger partial charge on any atom is -0.490 e. The van der Waals surface area contributed by atoms with Gasteiger partial charge in [-0.05, 0) is 50.3 Å². The maximum Gasteiger partial charge on any atom is 0.305 e. The van der Waals surface area contributed by atoms with E-state index >= 15 is 0 Å². The Labute approximate surface area is 113 Å². The first-order valence-corrected chi connectivity index (χ1v) is 6.75. The molecule has 0 radical (unpaired) electrons. The average molecular weight is 263 g/mol. The molecule has 0 saturated heterocycles. The van der Waals surface area contributed by atoms with E-state index in [9.17, 15) is 4.79 Å². The lowest BCUT2D eigenvalue weighted by Gasteiger charge is -2.23. The van der Waals surface area contributed by atoms with Gasteiger partial charge in [-0.1, -0.05) is 12.1 Å². The maximum atomic E-state index is 10.8. The molecule has 2 rings (SSSR count). The highest BCUT2D eigenvalue weighted by atomic mass is 16.5. The van der Waals surface area contributed by atoms with Gasteiger partial charge in [0.05, 0.1) is 12.5 Å². The summed E-state index contributed by atoms with van der Waals surface area (Å²) in [6, 6.07) is 7.46. The molecule has 0 aromatic heterocycles. The predicted molar refractivity (Wildman–Crippen MR) is 73.1 cm³/mol. The molecule has 0 heterocycles. The Kier molecular flexibility index (Phi) is 4.10. The highest BCUT2D eigenvalue weighted by Gasteiger charge is 2.25. The second-order valence-electron chi connectivity index (χ2n) is 5.54. The van der Waals surface area contributed by atoms with E-state index in [-0.39, 0.29) is 6.42 Å². The fraction of sp³-hybridized carbons (Fsp3) is 0.533. The molecule has 3 N–H and O–H groups in total. The van der Waals surface area contributed by atoms with Gasteiger partial charge in [0.15, 0.2) is 0 Å². The molecule has 19 heavy (non-hydrogen) atoms. The number of aliphatic carboxylic acids is 1. The number of hydrogen-bond acceptors (Lipinski definition) is 3. The van der Waals surface area contributed by atoms with Crippen LogP contribution in [0.15, 0.2) is 24.3 Å². The molecule has 4 heteroatoms. The molecule has 1 aliphatic carbocycles. The van der Waals surface area contributed by atoms with Crippen molar-refractivity contribution in [3.8, 4) is 5.75 Å². The summed E-state index contributed by atoms with van der Waals surface area (Å²) in [7, 11) is 0. The highest BCUT2D eigenvalue weighted by molar-refractivity contribution is 5.68. The molecule has 1 fully saturated rings. The number of benzene rings is 1. The van der Waals surface area contributed by atoms with Gasteiger partial charge in [-0.15, -0.1) is 0 Å². The van der Waals surface area contributed by atoms with Crippen molar-refractivity contribution in [2.24, 2.45) is 5.73 Å². The topological polar surface area (TPSA) is 72.6 Å².